The normalized spacial score (nSPS) is 13.0. The molecule has 0 spiro atoms. The highest BCUT2D eigenvalue weighted by Crippen LogP contribution is 2.33. The quantitative estimate of drug-likeness (QED) is 0.837. The Labute approximate surface area is 134 Å². The Morgan fingerprint density at radius 3 is 2.23 bits per heavy atom. The van der Waals surface area contributed by atoms with Crippen LogP contribution in [-0.2, 0) is 16.5 Å². The van der Waals surface area contributed by atoms with E-state index in [2.05, 4.69) is 31.2 Å². The first-order chi connectivity index (χ1) is 9.72. The molecule has 1 heterocycles. The summed E-state index contributed by atoms with van der Waals surface area (Å²) in [5.41, 5.74) is -3.09. The fraction of sp³-hybridized carbons (Fsp3) is 0.615. The number of aromatic nitrogens is 2. The molecule has 0 aliphatic carbocycles. The van der Waals surface area contributed by atoms with Crippen LogP contribution in [0.3, 0.4) is 0 Å². The van der Waals surface area contributed by atoms with Crippen molar-refractivity contribution in [2.45, 2.75) is 51.9 Å². The molecule has 9 heteroatoms. The predicted octanol–water partition coefficient (Wildman–Crippen LogP) is 4.02. The molecule has 0 atom stereocenters. The van der Waals surface area contributed by atoms with Crippen LogP contribution in [0.1, 0.15) is 46.0 Å². The second-order valence-electron chi connectivity index (χ2n) is 6.14. The molecule has 124 valence electrons. The molecule has 22 heavy (non-hydrogen) atoms. The van der Waals surface area contributed by atoms with Gasteiger partial charge in [-0.15, -0.1) is 0 Å². The summed E-state index contributed by atoms with van der Waals surface area (Å²) in [6.07, 6.45) is -4.24. The van der Waals surface area contributed by atoms with Gasteiger partial charge in [-0.05, 0) is 50.5 Å². The highest BCUT2D eigenvalue weighted by atomic mass is 79.9. The van der Waals surface area contributed by atoms with Gasteiger partial charge in [0.05, 0.1) is 17.4 Å². The number of ether oxygens (including phenoxy) is 1. The highest BCUT2D eigenvalue weighted by molar-refractivity contribution is 9.10. The number of carbonyl (C=O) groups excluding carboxylic acids is 1. The molecular formula is C13H17BrF3N3O2. The van der Waals surface area contributed by atoms with Crippen molar-refractivity contribution in [2.24, 2.45) is 0 Å². The van der Waals surface area contributed by atoms with Crippen LogP contribution in [0, 0.1) is 0 Å². The molecule has 5 nitrogen and oxygen atoms in total. The van der Waals surface area contributed by atoms with E-state index in [0.29, 0.717) is 0 Å². The lowest BCUT2D eigenvalue weighted by Crippen LogP contribution is -2.44. The molecule has 0 saturated carbocycles. The minimum atomic E-state index is -4.65. The number of hydrogen-bond acceptors (Lipinski definition) is 4. The van der Waals surface area contributed by atoms with Crippen molar-refractivity contribution in [3.8, 4) is 0 Å². The molecule has 0 saturated heterocycles. The predicted molar refractivity (Wildman–Crippen MR) is 77.1 cm³/mol. The van der Waals surface area contributed by atoms with Crippen molar-refractivity contribution in [1.29, 1.82) is 0 Å². The summed E-state index contributed by atoms with van der Waals surface area (Å²) in [7, 11) is 0. The first-order valence-corrected chi connectivity index (χ1v) is 7.13. The summed E-state index contributed by atoms with van der Waals surface area (Å²) < 4.78 is 43.3. The maximum absolute atomic E-state index is 12.9. The number of alkyl halides is 3. The molecule has 0 fully saturated rings. The van der Waals surface area contributed by atoms with Crippen molar-refractivity contribution in [3.63, 3.8) is 0 Å². The molecule has 0 aliphatic heterocycles. The van der Waals surface area contributed by atoms with Crippen molar-refractivity contribution >= 4 is 22.0 Å². The van der Waals surface area contributed by atoms with Crippen LogP contribution in [-0.4, -0.2) is 21.7 Å². The standard InChI is InChI=1S/C13H17BrF3N3O2/c1-11(2,3)22-10(21)20-12(4,5)7-6-18-9(14)8(19-7)13(15,16)17/h6H,1-5H3,(H,20,21). The number of nitrogens with zero attached hydrogens (tertiary/aromatic N) is 2. The summed E-state index contributed by atoms with van der Waals surface area (Å²) >= 11 is 2.72. The molecule has 1 amide bonds. The van der Waals surface area contributed by atoms with E-state index < -0.39 is 33.7 Å². The SMILES string of the molecule is CC(C)(C)OC(=O)NC(C)(C)c1cnc(Br)c(C(F)(F)F)n1. The van der Waals surface area contributed by atoms with Crippen LogP contribution in [0.25, 0.3) is 0 Å². The smallest absolute Gasteiger partial charge is 0.436 e. The van der Waals surface area contributed by atoms with E-state index in [1.165, 1.54) is 13.8 Å². The summed E-state index contributed by atoms with van der Waals surface area (Å²) in [6.45, 7) is 8.06. The van der Waals surface area contributed by atoms with E-state index in [1.54, 1.807) is 20.8 Å². The molecule has 0 aromatic carbocycles. The zero-order valence-corrected chi connectivity index (χ0v) is 14.4. The average Bonchev–Trinajstić information content (AvgIpc) is 2.23. The lowest BCUT2D eigenvalue weighted by atomic mass is 10.0. The van der Waals surface area contributed by atoms with Crippen molar-refractivity contribution in [1.82, 2.24) is 15.3 Å². The summed E-state index contributed by atoms with van der Waals surface area (Å²) in [6, 6.07) is 0. The minimum Gasteiger partial charge on any atom is -0.444 e. The number of halogens is 4. The molecule has 0 unspecified atom stereocenters. The Bertz CT molecular complexity index is 569. The molecule has 1 aromatic heterocycles. The molecule has 1 rings (SSSR count). The Kier molecular flexibility index (Phi) is 5.11. The van der Waals surface area contributed by atoms with Gasteiger partial charge in [0.15, 0.2) is 5.69 Å². The van der Waals surface area contributed by atoms with Crippen LogP contribution >= 0.6 is 15.9 Å². The first-order valence-electron chi connectivity index (χ1n) is 6.34. The number of rotatable bonds is 2. The van der Waals surface area contributed by atoms with Gasteiger partial charge in [-0.3, -0.25) is 0 Å². The van der Waals surface area contributed by atoms with Crippen molar-refractivity contribution in [3.05, 3.63) is 22.2 Å². The molecular weight excluding hydrogens is 367 g/mol. The monoisotopic (exact) mass is 383 g/mol. The average molecular weight is 384 g/mol. The molecule has 0 radical (unpaired) electrons. The second-order valence-corrected chi connectivity index (χ2v) is 6.90. The maximum atomic E-state index is 12.9. The fourth-order valence-corrected chi connectivity index (χ4v) is 1.89. The zero-order valence-electron chi connectivity index (χ0n) is 12.8. The van der Waals surface area contributed by atoms with E-state index in [4.69, 9.17) is 4.74 Å². The summed E-state index contributed by atoms with van der Waals surface area (Å²) in [4.78, 5) is 19.0. The zero-order chi connectivity index (χ0) is 17.3. The van der Waals surface area contributed by atoms with Crippen molar-refractivity contribution in [2.75, 3.05) is 0 Å². The van der Waals surface area contributed by atoms with E-state index in [0.717, 1.165) is 6.20 Å². The third kappa shape index (κ3) is 5.11. The van der Waals surface area contributed by atoms with Crippen LogP contribution < -0.4 is 5.32 Å². The Morgan fingerprint density at radius 2 is 1.77 bits per heavy atom. The molecule has 0 aliphatic rings. The topological polar surface area (TPSA) is 64.1 Å². The van der Waals surface area contributed by atoms with Gasteiger partial charge in [0.1, 0.15) is 10.2 Å². The van der Waals surface area contributed by atoms with Crippen LogP contribution in [0.2, 0.25) is 0 Å². The first kappa shape index (κ1) is 18.7. The number of carbonyl (C=O) groups is 1. The van der Waals surface area contributed by atoms with Crippen LogP contribution in [0.15, 0.2) is 10.8 Å². The minimum absolute atomic E-state index is 0.0334. The lowest BCUT2D eigenvalue weighted by molar-refractivity contribution is -0.142. The Hall–Kier alpha value is -1.38. The number of nitrogens with one attached hydrogen (secondary N) is 1. The van der Waals surface area contributed by atoms with E-state index in [1.807, 2.05) is 0 Å². The molecule has 1 aromatic rings. The number of hydrogen-bond donors (Lipinski definition) is 1. The molecule has 1 N–H and O–H groups in total. The van der Waals surface area contributed by atoms with Gasteiger partial charge in [-0.1, -0.05) is 0 Å². The Balaban J connectivity index is 3.06. The maximum Gasteiger partial charge on any atom is 0.436 e. The van der Waals surface area contributed by atoms with Gasteiger partial charge < -0.3 is 10.1 Å². The van der Waals surface area contributed by atoms with Crippen LogP contribution in [0.5, 0.6) is 0 Å². The van der Waals surface area contributed by atoms with Gasteiger partial charge in [0, 0.05) is 0 Å². The van der Waals surface area contributed by atoms with Gasteiger partial charge in [0.25, 0.3) is 0 Å². The van der Waals surface area contributed by atoms with Gasteiger partial charge in [-0.2, -0.15) is 13.2 Å². The van der Waals surface area contributed by atoms with Gasteiger partial charge in [-0.25, -0.2) is 14.8 Å². The summed E-state index contributed by atoms with van der Waals surface area (Å²) in [5, 5.41) is 2.48. The van der Waals surface area contributed by atoms with Gasteiger partial charge >= 0.3 is 12.3 Å². The molecule has 0 bridgehead atoms. The second kappa shape index (κ2) is 6.02. The summed E-state index contributed by atoms with van der Waals surface area (Å²) in [5.74, 6) is 0. The third-order valence-corrected chi connectivity index (χ3v) is 3.03. The van der Waals surface area contributed by atoms with E-state index >= 15 is 0 Å². The third-order valence-electron chi connectivity index (χ3n) is 2.45. The number of amides is 1. The lowest BCUT2D eigenvalue weighted by Gasteiger charge is -2.28. The van der Waals surface area contributed by atoms with Crippen LogP contribution in [0.4, 0.5) is 18.0 Å². The largest absolute Gasteiger partial charge is 0.444 e. The highest BCUT2D eigenvalue weighted by Gasteiger charge is 2.38. The van der Waals surface area contributed by atoms with Crippen molar-refractivity contribution < 1.29 is 22.7 Å². The van der Waals surface area contributed by atoms with E-state index in [-0.39, 0.29) is 5.69 Å². The Morgan fingerprint density at radius 1 is 1.23 bits per heavy atom. The number of alkyl carbamates (subject to hydrolysis) is 1. The fourth-order valence-electron chi connectivity index (χ4n) is 1.48. The van der Waals surface area contributed by atoms with Gasteiger partial charge in [0.2, 0.25) is 0 Å². The van der Waals surface area contributed by atoms with E-state index in [9.17, 15) is 18.0 Å².